The molecule has 1 aliphatic heterocycles. The number of nitrogens with zero attached hydrogens (tertiary/aromatic N) is 1. The molecule has 0 amide bonds. The lowest BCUT2D eigenvalue weighted by molar-refractivity contribution is 1.36. The Kier molecular flexibility index (Phi) is 5.27. The molecule has 0 bridgehead atoms. The van der Waals surface area contributed by atoms with Crippen LogP contribution in [0, 0.1) is 13.8 Å². The fraction of sp³-hybridized carbons (Fsp3) is 0.0606. The summed E-state index contributed by atoms with van der Waals surface area (Å²) >= 11 is 0. The molecular formula is C33H26N2. The molecule has 5 aromatic rings. The molecule has 4 aromatic carbocycles. The number of hydrogen-bond acceptors (Lipinski definition) is 1. The van der Waals surface area contributed by atoms with Crippen molar-refractivity contribution in [3.63, 3.8) is 0 Å². The first-order chi connectivity index (χ1) is 17.2. The molecule has 1 aliphatic rings. The minimum absolute atomic E-state index is 0.978. The summed E-state index contributed by atoms with van der Waals surface area (Å²) in [5.74, 6) is 0. The molecule has 35 heavy (non-hydrogen) atoms. The van der Waals surface area contributed by atoms with E-state index in [0.29, 0.717) is 0 Å². The Labute approximate surface area is 206 Å². The summed E-state index contributed by atoms with van der Waals surface area (Å²) in [7, 11) is 0. The van der Waals surface area contributed by atoms with Crippen molar-refractivity contribution in [1.82, 2.24) is 4.98 Å². The van der Waals surface area contributed by atoms with Gasteiger partial charge in [-0.15, -0.1) is 0 Å². The smallest absolute Gasteiger partial charge is 0.0788 e. The van der Waals surface area contributed by atoms with Gasteiger partial charge >= 0.3 is 0 Å². The highest BCUT2D eigenvalue weighted by molar-refractivity contribution is 6.21. The van der Waals surface area contributed by atoms with E-state index in [2.05, 4.69) is 128 Å². The largest absolute Gasteiger partial charge is 0.354 e. The Morgan fingerprint density at radius 1 is 0.571 bits per heavy atom. The van der Waals surface area contributed by atoms with Gasteiger partial charge in [0.25, 0.3) is 0 Å². The monoisotopic (exact) mass is 450 g/mol. The summed E-state index contributed by atoms with van der Waals surface area (Å²) in [6, 6.07) is 38.6. The zero-order valence-electron chi connectivity index (χ0n) is 19.9. The Morgan fingerprint density at radius 2 is 1.17 bits per heavy atom. The van der Waals surface area contributed by atoms with Crippen molar-refractivity contribution in [1.29, 1.82) is 0 Å². The number of benzene rings is 4. The molecule has 2 heteroatoms. The Morgan fingerprint density at radius 3 is 1.86 bits per heavy atom. The minimum atomic E-state index is 0.978. The van der Waals surface area contributed by atoms with Crippen LogP contribution < -0.4 is 0 Å². The standard InChI is InChI=1S/C33H26N2/c1-22-12-16-24(17-13-22)29-20-30(25-8-4-3-5-9-25)34-32(29)21-31-27-10-6-7-11-28(27)33(35-31)26-18-14-23(2)15-19-26/h3-21,34H,1-2H3/b31-21-. The van der Waals surface area contributed by atoms with Crippen LogP contribution in [0.4, 0.5) is 0 Å². The van der Waals surface area contributed by atoms with Crippen LogP contribution in [0.5, 0.6) is 0 Å². The molecule has 2 heterocycles. The van der Waals surface area contributed by atoms with Crippen LogP contribution in [0.15, 0.2) is 114 Å². The Bertz CT molecular complexity index is 1570. The normalized spacial score (nSPS) is 13.7. The maximum Gasteiger partial charge on any atom is 0.0788 e. The summed E-state index contributed by atoms with van der Waals surface area (Å²) in [5, 5.41) is 0. The fourth-order valence-electron chi connectivity index (χ4n) is 4.66. The van der Waals surface area contributed by atoms with Crippen molar-refractivity contribution in [3.8, 4) is 22.4 Å². The van der Waals surface area contributed by atoms with Gasteiger partial charge in [0, 0.05) is 33.6 Å². The predicted octanol–water partition coefficient (Wildman–Crippen LogP) is 8.31. The van der Waals surface area contributed by atoms with Crippen LogP contribution in [0.3, 0.4) is 0 Å². The van der Waals surface area contributed by atoms with Gasteiger partial charge in [-0.3, -0.25) is 0 Å². The van der Waals surface area contributed by atoms with Crippen molar-refractivity contribution in [2.24, 2.45) is 4.99 Å². The van der Waals surface area contributed by atoms with Gasteiger partial charge in [-0.2, -0.15) is 0 Å². The number of rotatable bonds is 4. The van der Waals surface area contributed by atoms with E-state index in [1.807, 2.05) is 6.07 Å². The van der Waals surface area contributed by atoms with E-state index in [4.69, 9.17) is 4.99 Å². The molecule has 0 atom stereocenters. The van der Waals surface area contributed by atoms with E-state index in [1.165, 1.54) is 33.4 Å². The van der Waals surface area contributed by atoms with Crippen LogP contribution in [0.25, 0.3) is 34.2 Å². The third-order valence-electron chi connectivity index (χ3n) is 6.59. The van der Waals surface area contributed by atoms with Crippen molar-refractivity contribution in [3.05, 3.63) is 143 Å². The molecule has 0 aliphatic carbocycles. The van der Waals surface area contributed by atoms with Crippen molar-refractivity contribution < 1.29 is 0 Å². The molecule has 168 valence electrons. The van der Waals surface area contributed by atoms with Crippen LogP contribution in [-0.2, 0) is 0 Å². The first kappa shape index (κ1) is 21.1. The van der Waals surface area contributed by atoms with Crippen molar-refractivity contribution in [2.75, 3.05) is 0 Å². The topological polar surface area (TPSA) is 28.1 Å². The molecule has 0 spiro atoms. The van der Waals surface area contributed by atoms with E-state index in [-0.39, 0.29) is 0 Å². The zero-order chi connectivity index (χ0) is 23.8. The molecule has 1 N–H and O–H groups in total. The second-order valence-electron chi connectivity index (χ2n) is 9.14. The number of fused-ring (bicyclic) bond motifs is 1. The van der Waals surface area contributed by atoms with Crippen LogP contribution in [-0.4, -0.2) is 10.7 Å². The first-order valence-corrected chi connectivity index (χ1v) is 12.0. The van der Waals surface area contributed by atoms with Gasteiger partial charge in [-0.05, 0) is 37.1 Å². The van der Waals surface area contributed by atoms with E-state index >= 15 is 0 Å². The quantitative estimate of drug-likeness (QED) is 0.285. The zero-order valence-corrected chi connectivity index (χ0v) is 19.9. The number of H-pyrrole nitrogens is 1. The average Bonchev–Trinajstić information content (AvgIpc) is 3.48. The third kappa shape index (κ3) is 4.04. The van der Waals surface area contributed by atoms with Gasteiger partial charge in [0.05, 0.1) is 11.4 Å². The first-order valence-electron chi connectivity index (χ1n) is 12.0. The summed E-state index contributed by atoms with van der Waals surface area (Å²) in [6.07, 6.45) is 2.20. The molecule has 0 fully saturated rings. The Hall–Kier alpha value is -4.43. The van der Waals surface area contributed by atoms with Crippen LogP contribution >= 0.6 is 0 Å². The van der Waals surface area contributed by atoms with E-state index in [9.17, 15) is 0 Å². The van der Waals surface area contributed by atoms with Gasteiger partial charge in [0.2, 0.25) is 0 Å². The number of nitrogens with one attached hydrogen (secondary N) is 1. The van der Waals surface area contributed by atoms with Gasteiger partial charge in [-0.25, -0.2) is 4.99 Å². The van der Waals surface area contributed by atoms with Gasteiger partial charge in [-0.1, -0.05) is 114 Å². The summed E-state index contributed by atoms with van der Waals surface area (Å²) in [4.78, 5) is 8.83. The van der Waals surface area contributed by atoms with E-state index in [1.54, 1.807) is 0 Å². The minimum Gasteiger partial charge on any atom is -0.354 e. The second kappa shape index (κ2) is 8.73. The van der Waals surface area contributed by atoms with Gasteiger partial charge in [0.15, 0.2) is 0 Å². The summed E-state index contributed by atoms with van der Waals surface area (Å²) < 4.78 is 0. The SMILES string of the molecule is Cc1ccc(C2=N/C(=C\c3[nH]c(-c4ccccc4)cc3-c3ccc(C)cc3)c3ccccc32)cc1. The fourth-order valence-corrected chi connectivity index (χ4v) is 4.66. The number of aromatic nitrogens is 1. The molecule has 0 radical (unpaired) electrons. The van der Waals surface area contributed by atoms with Crippen molar-refractivity contribution >= 4 is 17.5 Å². The molecule has 0 unspecified atom stereocenters. The van der Waals surface area contributed by atoms with Gasteiger partial charge in [0.1, 0.15) is 0 Å². The average molecular weight is 451 g/mol. The number of aliphatic imine (C=N–C) groups is 1. The predicted molar refractivity (Wildman–Crippen MR) is 148 cm³/mol. The molecule has 0 saturated carbocycles. The van der Waals surface area contributed by atoms with Gasteiger partial charge < -0.3 is 4.98 Å². The highest BCUT2D eigenvalue weighted by Gasteiger charge is 2.22. The van der Waals surface area contributed by atoms with Crippen LogP contribution in [0.2, 0.25) is 0 Å². The highest BCUT2D eigenvalue weighted by Crippen LogP contribution is 2.36. The molecule has 0 saturated heterocycles. The van der Waals surface area contributed by atoms with Crippen molar-refractivity contribution in [2.45, 2.75) is 13.8 Å². The van der Waals surface area contributed by atoms with Crippen LogP contribution in [0.1, 0.15) is 33.5 Å². The summed E-state index contributed by atoms with van der Waals surface area (Å²) in [5.41, 5.74) is 13.7. The summed E-state index contributed by atoms with van der Waals surface area (Å²) in [6.45, 7) is 4.23. The lowest BCUT2D eigenvalue weighted by atomic mass is 9.98. The molecule has 6 rings (SSSR count). The molecule has 1 aromatic heterocycles. The number of aromatic amines is 1. The van der Waals surface area contributed by atoms with E-state index in [0.717, 1.165) is 33.9 Å². The molecule has 2 nitrogen and oxygen atoms in total. The van der Waals surface area contributed by atoms with E-state index < -0.39 is 0 Å². The number of aryl methyl sites for hydroxylation is 2. The second-order valence-corrected chi connectivity index (χ2v) is 9.14. The number of hydrogen-bond donors (Lipinski definition) is 1. The molecular weight excluding hydrogens is 424 g/mol. The lowest BCUT2D eigenvalue weighted by Crippen LogP contribution is -2.00. The maximum absolute atomic E-state index is 5.14. The third-order valence-corrected chi connectivity index (χ3v) is 6.59. The Balaban J connectivity index is 1.52. The highest BCUT2D eigenvalue weighted by atomic mass is 14.8. The lowest BCUT2D eigenvalue weighted by Gasteiger charge is -2.04. The maximum atomic E-state index is 5.14.